The minimum absolute atomic E-state index is 0.119. The third-order valence-electron chi connectivity index (χ3n) is 5.32. The first-order chi connectivity index (χ1) is 14.8. The van der Waals surface area contributed by atoms with Crippen molar-refractivity contribution in [2.75, 3.05) is 16.2 Å². The van der Waals surface area contributed by atoms with Gasteiger partial charge in [-0.1, -0.05) is 43.3 Å². The van der Waals surface area contributed by atoms with Crippen molar-refractivity contribution in [2.24, 2.45) is 0 Å². The largest absolute Gasteiger partial charge is 0.324 e. The van der Waals surface area contributed by atoms with E-state index < -0.39 is 15.9 Å². The lowest BCUT2D eigenvalue weighted by atomic mass is 9.99. The Morgan fingerprint density at radius 2 is 1.71 bits per heavy atom. The Kier molecular flexibility index (Phi) is 5.37. The number of anilines is 2. The second-order valence-corrected chi connectivity index (χ2v) is 9.23. The van der Waals surface area contributed by atoms with Crippen LogP contribution in [0, 0.1) is 0 Å². The molecule has 31 heavy (non-hydrogen) atoms. The fourth-order valence-corrected chi connectivity index (χ4v) is 5.36. The van der Waals surface area contributed by atoms with Crippen LogP contribution in [0.25, 0.3) is 11.1 Å². The van der Waals surface area contributed by atoms with E-state index in [2.05, 4.69) is 5.32 Å². The smallest absolute Gasteiger partial charge is 0.265 e. The van der Waals surface area contributed by atoms with E-state index in [1.165, 1.54) is 6.92 Å². The van der Waals surface area contributed by atoms with Gasteiger partial charge >= 0.3 is 0 Å². The summed E-state index contributed by atoms with van der Waals surface area (Å²) in [5, 5.41) is 2.70. The average Bonchev–Trinajstić information content (AvgIpc) is 2.76. The van der Waals surface area contributed by atoms with E-state index >= 15 is 0 Å². The third-order valence-corrected chi connectivity index (χ3v) is 7.14. The summed E-state index contributed by atoms with van der Waals surface area (Å²) < 4.78 is 27.9. The molecule has 3 aromatic carbocycles. The zero-order chi connectivity index (χ0) is 22.2. The number of hydrogen-bond acceptors (Lipinski definition) is 4. The molecule has 4 rings (SSSR count). The van der Waals surface area contributed by atoms with Crippen LogP contribution in [-0.4, -0.2) is 26.7 Å². The van der Waals surface area contributed by atoms with Crippen LogP contribution in [-0.2, 0) is 21.2 Å². The molecule has 0 atom stereocenters. The quantitative estimate of drug-likeness (QED) is 0.608. The van der Waals surface area contributed by atoms with Gasteiger partial charge in [0.2, 0.25) is 5.91 Å². The van der Waals surface area contributed by atoms with E-state index in [4.69, 9.17) is 0 Å². The average molecular weight is 435 g/mol. The number of Topliss-reactive ketones (excluding diaryl/α,β-unsaturated/α-hetero) is 1. The van der Waals surface area contributed by atoms with E-state index in [0.29, 0.717) is 22.5 Å². The summed E-state index contributed by atoms with van der Waals surface area (Å²) in [6.45, 7) is 3.10. The molecule has 0 saturated carbocycles. The van der Waals surface area contributed by atoms with E-state index in [-0.39, 0.29) is 17.2 Å². The van der Waals surface area contributed by atoms with E-state index in [1.807, 2.05) is 19.1 Å². The SMILES string of the molecule is CCc1ccc2c(c1)-c1ccccc1S(=O)(=O)N2CC(=O)Nc1cccc(C(C)=O)c1. The first-order valence-corrected chi connectivity index (χ1v) is 11.4. The Morgan fingerprint density at radius 3 is 2.45 bits per heavy atom. The lowest BCUT2D eigenvalue weighted by molar-refractivity contribution is -0.114. The number of nitrogens with zero attached hydrogens (tertiary/aromatic N) is 1. The highest BCUT2D eigenvalue weighted by atomic mass is 32.2. The second kappa shape index (κ2) is 8.00. The first-order valence-electron chi connectivity index (χ1n) is 9.97. The maximum Gasteiger partial charge on any atom is 0.265 e. The van der Waals surface area contributed by atoms with Crippen LogP contribution in [0.4, 0.5) is 11.4 Å². The number of aryl methyl sites for hydroxylation is 1. The molecule has 1 amide bonds. The van der Waals surface area contributed by atoms with Crippen LogP contribution in [0.5, 0.6) is 0 Å². The number of benzene rings is 3. The minimum atomic E-state index is -3.91. The van der Waals surface area contributed by atoms with Gasteiger partial charge < -0.3 is 5.32 Å². The van der Waals surface area contributed by atoms with Gasteiger partial charge in [0, 0.05) is 22.4 Å². The van der Waals surface area contributed by atoms with Gasteiger partial charge in [0.25, 0.3) is 10.0 Å². The Hall–Kier alpha value is -3.45. The maximum atomic E-state index is 13.4. The van der Waals surface area contributed by atoms with Crippen molar-refractivity contribution < 1.29 is 18.0 Å². The van der Waals surface area contributed by atoms with Gasteiger partial charge in [0.15, 0.2) is 5.78 Å². The summed E-state index contributed by atoms with van der Waals surface area (Å²) >= 11 is 0. The molecule has 1 aliphatic heterocycles. The van der Waals surface area contributed by atoms with Crippen molar-refractivity contribution in [1.82, 2.24) is 0 Å². The summed E-state index contributed by atoms with van der Waals surface area (Å²) in [6, 6.07) is 19.0. The van der Waals surface area contributed by atoms with E-state index in [9.17, 15) is 18.0 Å². The highest BCUT2D eigenvalue weighted by Gasteiger charge is 2.35. The topological polar surface area (TPSA) is 83.6 Å². The molecule has 6 nitrogen and oxygen atoms in total. The molecule has 1 aliphatic rings. The fourth-order valence-electron chi connectivity index (χ4n) is 3.72. The van der Waals surface area contributed by atoms with Crippen LogP contribution in [0.2, 0.25) is 0 Å². The molecule has 0 aliphatic carbocycles. The standard InChI is InChI=1S/C24H22N2O4S/c1-3-17-11-12-22-21(13-17)20-9-4-5-10-23(20)31(29,30)26(22)15-24(28)25-19-8-6-7-18(14-19)16(2)27/h4-14H,3,15H2,1-2H3,(H,25,28). The number of ketones is 1. The van der Waals surface area contributed by atoms with Gasteiger partial charge in [-0.25, -0.2) is 8.42 Å². The molecule has 1 N–H and O–H groups in total. The van der Waals surface area contributed by atoms with Crippen molar-refractivity contribution >= 4 is 33.1 Å². The van der Waals surface area contributed by atoms with Crippen LogP contribution in [0.15, 0.2) is 71.6 Å². The first kappa shape index (κ1) is 20.8. The predicted octanol–water partition coefficient (Wildman–Crippen LogP) is 4.27. The lowest BCUT2D eigenvalue weighted by Gasteiger charge is -2.32. The van der Waals surface area contributed by atoms with Crippen LogP contribution < -0.4 is 9.62 Å². The zero-order valence-electron chi connectivity index (χ0n) is 17.3. The molecule has 1 heterocycles. The molecule has 158 valence electrons. The highest BCUT2D eigenvalue weighted by Crippen LogP contribution is 2.43. The second-order valence-electron chi connectivity index (χ2n) is 7.40. The summed E-state index contributed by atoms with van der Waals surface area (Å²) in [7, 11) is -3.91. The molecule has 0 radical (unpaired) electrons. The minimum Gasteiger partial charge on any atom is -0.324 e. The molecule has 0 saturated heterocycles. The van der Waals surface area contributed by atoms with Gasteiger partial charge in [0.1, 0.15) is 6.54 Å². The van der Waals surface area contributed by atoms with Gasteiger partial charge in [-0.15, -0.1) is 0 Å². The number of amides is 1. The fraction of sp³-hybridized carbons (Fsp3) is 0.167. The van der Waals surface area contributed by atoms with Gasteiger partial charge in [-0.3, -0.25) is 13.9 Å². The number of hydrogen-bond donors (Lipinski definition) is 1. The summed E-state index contributed by atoms with van der Waals surface area (Å²) in [5.74, 6) is -0.610. The van der Waals surface area contributed by atoms with Gasteiger partial charge in [-0.2, -0.15) is 0 Å². The van der Waals surface area contributed by atoms with Crippen molar-refractivity contribution in [1.29, 1.82) is 0 Å². The number of carbonyl (C=O) groups is 2. The van der Waals surface area contributed by atoms with Crippen LogP contribution in [0.3, 0.4) is 0 Å². The van der Waals surface area contributed by atoms with Gasteiger partial charge in [0.05, 0.1) is 10.6 Å². The van der Waals surface area contributed by atoms with Crippen LogP contribution >= 0.6 is 0 Å². The Balaban J connectivity index is 1.71. The molecule has 0 unspecified atom stereocenters. The summed E-state index contributed by atoms with van der Waals surface area (Å²) in [4.78, 5) is 24.6. The number of nitrogens with one attached hydrogen (secondary N) is 1. The summed E-state index contributed by atoms with van der Waals surface area (Å²) in [6.07, 6.45) is 0.815. The molecule has 0 spiro atoms. The van der Waals surface area contributed by atoms with Crippen molar-refractivity contribution in [3.05, 3.63) is 77.9 Å². The Bertz CT molecular complexity index is 1300. The third kappa shape index (κ3) is 3.84. The molecule has 0 fully saturated rings. The Morgan fingerprint density at radius 1 is 0.935 bits per heavy atom. The monoisotopic (exact) mass is 434 g/mol. The van der Waals surface area contributed by atoms with Crippen molar-refractivity contribution in [3.63, 3.8) is 0 Å². The molecule has 3 aromatic rings. The number of fused-ring (bicyclic) bond motifs is 3. The summed E-state index contributed by atoms with van der Waals surface area (Å²) in [5.41, 5.74) is 3.89. The highest BCUT2D eigenvalue weighted by molar-refractivity contribution is 7.93. The Labute approximate surface area is 181 Å². The predicted molar refractivity (Wildman–Crippen MR) is 121 cm³/mol. The zero-order valence-corrected chi connectivity index (χ0v) is 18.1. The number of sulfonamides is 1. The van der Waals surface area contributed by atoms with Crippen LogP contribution in [0.1, 0.15) is 29.8 Å². The van der Waals surface area contributed by atoms with E-state index in [0.717, 1.165) is 21.9 Å². The molecule has 0 aromatic heterocycles. The number of carbonyl (C=O) groups excluding carboxylic acids is 2. The normalized spacial score (nSPS) is 13.8. The van der Waals surface area contributed by atoms with Crippen molar-refractivity contribution in [3.8, 4) is 11.1 Å². The maximum absolute atomic E-state index is 13.4. The van der Waals surface area contributed by atoms with Crippen molar-refractivity contribution in [2.45, 2.75) is 25.2 Å². The molecule has 7 heteroatoms. The molecular weight excluding hydrogens is 412 g/mol. The molecular formula is C24H22N2O4S. The number of rotatable bonds is 5. The van der Waals surface area contributed by atoms with E-state index in [1.54, 1.807) is 54.6 Å². The van der Waals surface area contributed by atoms with Gasteiger partial charge in [-0.05, 0) is 49.2 Å². The lowest BCUT2D eigenvalue weighted by Crippen LogP contribution is -2.40. The molecule has 0 bridgehead atoms.